The van der Waals surface area contributed by atoms with Crippen LogP contribution in [0.2, 0.25) is 0 Å². The molecule has 0 saturated carbocycles. The first-order valence-electron chi connectivity index (χ1n) is 6.59. The lowest BCUT2D eigenvalue weighted by atomic mass is 10.0. The monoisotopic (exact) mass is 303 g/mol. The molecule has 0 aliphatic heterocycles. The zero-order valence-corrected chi connectivity index (χ0v) is 11.6. The second-order valence-electron chi connectivity index (χ2n) is 4.90. The van der Waals surface area contributed by atoms with Crippen LogP contribution in [0, 0.1) is 6.92 Å². The standard InChI is InChI=1S/C16H12F3N3/c1-10-8-12(9-14(22-10)15-20-6-7-21-15)11-2-4-13(5-3-11)16(17,18)19/h2-9H,1H3,(H,20,21). The first-order valence-corrected chi connectivity index (χ1v) is 6.59. The number of halogens is 3. The molecule has 0 unspecified atom stereocenters. The summed E-state index contributed by atoms with van der Waals surface area (Å²) >= 11 is 0. The van der Waals surface area contributed by atoms with Gasteiger partial charge in [-0.2, -0.15) is 13.2 Å². The summed E-state index contributed by atoms with van der Waals surface area (Å²) in [6.45, 7) is 1.83. The lowest BCUT2D eigenvalue weighted by molar-refractivity contribution is -0.137. The molecule has 3 rings (SSSR count). The van der Waals surface area contributed by atoms with Gasteiger partial charge in [0.15, 0.2) is 5.82 Å². The van der Waals surface area contributed by atoms with Crippen LogP contribution in [-0.4, -0.2) is 15.0 Å². The number of benzene rings is 1. The fourth-order valence-electron chi connectivity index (χ4n) is 2.21. The molecule has 0 amide bonds. The minimum Gasteiger partial charge on any atom is -0.343 e. The first kappa shape index (κ1) is 14.3. The van der Waals surface area contributed by atoms with Gasteiger partial charge in [-0.3, -0.25) is 0 Å². The van der Waals surface area contributed by atoms with Gasteiger partial charge in [0.25, 0.3) is 0 Å². The number of aromatic amines is 1. The quantitative estimate of drug-likeness (QED) is 0.759. The highest BCUT2D eigenvalue weighted by Gasteiger charge is 2.29. The van der Waals surface area contributed by atoms with Gasteiger partial charge in [-0.15, -0.1) is 0 Å². The SMILES string of the molecule is Cc1cc(-c2ccc(C(F)(F)F)cc2)cc(-c2ncc[nH]2)n1. The maximum atomic E-state index is 12.6. The molecule has 0 bridgehead atoms. The number of nitrogens with one attached hydrogen (secondary N) is 1. The molecule has 0 fully saturated rings. The van der Waals surface area contributed by atoms with Crippen LogP contribution >= 0.6 is 0 Å². The molecule has 2 aromatic heterocycles. The maximum Gasteiger partial charge on any atom is 0.416 e. The summed E-state index contributed by atoms with van der Waals surface area (Å²) in [4.78, 5) is 11.5. The Kier molecular flexibility index (Phi) is 3.44. The second kappa shape index (κ2) is 5.29. The minimum absolute atomic E-state index is 0.622. The molecule has 0 aliphatic carbocycles. The molecule has 6 heteroatoms. The summed E-state index contributed by atoms with van der Waals surface area (Å²) in [6, 6.07) is 8.71. The summed E-state index contributed by atoms with van der Waals surface area (Å²) < 4.78 is 37.8. The van der Waals surface area contributed by atoms with E-state index in [9.17, 15) is 13.2 Å². The van der Waals surface area contributed by atoms with Crippen molar-refractivity contribution in [3.8, 4) is 22.6 Å². The van der Waals surface area contributed by atoms with Crippen molar-refractivity contribution < 1.29 is 13.2 Å². The normalized spacial score (nSPS) is 11.6. The van der Waals surface area contributed by atoms with E-state index in [2.05, 4.69) is 15.0 Å². The minimum atomic E-state index is -4.33. The van der Waals surface area contributed by atoms with E-state index in [0.29, 0.717) is 17.1 Å². The number of nitrogens with zero attached hydrogens (tertiary/aromatic N) is 2. The van der Waals surface area contributed by atoms with Crippen LogP contribution in [0.25, 0.3) is 22.6 Å². The van der Waals surface area contributed by atoms with E-state index in [-0.39, 0.29) is 0 Å². The van der Waals surface area contributed by atoms with Gasteiger partial charge in [0.1, 0.15) is 5.69 Å². The number of rotatable bonds is 2. The summed E-state index contributed by atoms with van der Waals surface area (Å²) in [6.07, 6.45) is -1.01. The van der Waals surface area contributed by atoms with Gasteiger partial charge in [-0.25, -0.2) is 9.97 Å². The molecular weight excluding hydrogens is 291 g/mol. The van der Waals surface area contributed by atoms with Crippen LogP contribution in [0.4, 0.5) is 13.2 Å². The highest BCUT2D eigenvalue weighted by atomic mass is 19.4. The third kappa shape index (κ3) is 2.86. The molecule has 2 heterocycles. The van der Waals surface area contributed by atoms with Gasteiger partial charge in [0, 0.05) is 18.1 Å². The van der Waals surface area contributed by atoms with Gasteiger partial charge in [-0.05, 0) is 42.3 Å². The molecule has 3 aromatic rings. The van der Waals surface area contributed by atoms with Gasteiger partial charge in [0.2, 0.25) is 0 Å². The molecule has 3 nitrogen and oxygen atoms in total. The van der Waals surface area contributed by atoms with Crippen molar-refractivity contribution in [2.75, 3.05) is 0 Å². The van der Waals surface area contributed by atoms with Crippen LogP contribution in [0.1, 0.15) is 11.3 Å². The summed E-state index contributed by atoms with van der Waals surface area (Å²) in [5.74, 6) is 0.622. The average Bonchev–Trinajstić information content (AvgIpc) is 3.00. The lowest BCUT2D eigenvalue weighted by Crippen LogP contribution is -2.04. The van der Waals surface area contributed by atoms with Crippen LogP contribution in [0.15, 0.2) is 48.8 Å². The lowest BCUT2D eigenvalue weighted by Gasteiger charge is -2.09. The Balaban J connectivity index is 2.01. The van der Waals surface area contributed by atoms with E-state index < -0.39 is 11.7 Å². The predicted molar refractivity (Wildman–Crippen MR) is 77.0 cm³/mol. The van der Waals surface area contributed by atoms with Crippen molar-refractivity contribution >= 4 is 0 Å². The smallest absolute Gasteiger partial charge is 0.343 e. The van der Waals surface area contributed by atoms with E-state index in [1.54, 1.807) is 18.5 Å². The Hall–Kier alpha value is -2.63. The molecule has 0 aliphatic rings. The fraction of sp³-hybridized carbons (Fsp3) is 0.125. The van der Waals surface area contributed by atoms with Crippen molar-refractivity contribution in [3.05, 3.63) is 60.0 Å². The number of hydrogen-bond acceptors (Lipinski definition) is 2. The van der Waals surface area contributed by atoms with E-state index in [1.807, 2.05) is 13.0 Å². The molecule has 1 N–H and O–H groups in total. The summed E-state index contributed by atoms with van der Waals surface area (Å²) in [7, 11) is 0. The molecule has 1 aromatic carbocycles. The Morgan fingerprint density at radius 3 is 2.32 bits per heavy atom. The van der Waals surface area contributed by atoms with Gasteiger partial charge in [0.05, 0.1) is 5.56 Å². The molecule has 0 radical (unpaired) electrons. The number of alkyl halides is 3. The van der Waals surface area contributed by atoms with Gasteiger partial charge < -0.3 is 4.98 Å². The molecular formula is C16H12F3N3. The molecule has 22 heavy (non-hydrogen) atoms. The van der Waals surface area contributed by atoms with E-state index in [4.69, 9.17) is 0 Å². The van der Waals surface area contributed by atoms with Crippen molar-refractivity contribution in [3.63, 3.8) is 0 Å². The Morgan fingerprint density at radius 1 is 1.00 bits per heavy atom. The van der Waals surface area contributed by atoms with Crippen molar-refractivity contribution in [1.82, 2.24) is 15.0 Å². The third-order valence-electron chi connectivity index (χ3n) is 3.24. The third-order valence-corrected chi connectivity index (χ3v) is 3.24. The Morgan fingerprint density at radius 2 is 1.73 bits per heavy atom. The van der Waals surface area contributed by atoms with Crippen LogP contribution < -0.4 is 0 Å². The topological polar surface area (TPSA) is 41.6 Å². The second-order valence-corrected chi connectivity index (χ2v) is 4.90. The Bertz CT molecular complexity index is 775. The van der Waals surface area contributed by atoms with Crippen molar-refractivity contribution in [1.29, 1.82) is 0 Å². The van der Waals surface area contributed by atoms with Crippen LogP contribution in [-0.2, 0) is 6.18 Å². The molecule has 0 saturated heterocycles. The van der Waals surface area contributed by atoms with Crippen molar-refractivity contribution in [2.24, 2.45) is 0 Å². The molecule has 0 spiro atoms. The number of aryl methyl sites for hydroxylation is 1. The average molecular weight is 303 g/mol. The number of H-pyrrole nitrogens is 1. The van der Waals surface area contributed by atoms with Crippen LogP contribution in [0.3, 0.4) is 0 Å². The van der Waals surface area contributed by atoms with E-state index in [0.717, 1.165) is 23.4 Å². The molecule has 112 valence electrons. The van der Waals surface area contributed by atoms with Crippen LogP contribution in [0.5, 0.6) is 0 Å². The largest absolute Gasteiger partial charge is 0.416 e. The molecule has 0 atom stereocenters. The van der Waals surface area contributed by atoms with E-state index in [1.165, 1.54) is 12.1 Å². The zero-order chi connectivity index (χ0) is 15.7. The van der Waals surface area contributed by atoms with Gasteiger partial charge >= 0.3 is 6.18 Å². The number of pyridine rings is 1. The maximum absolute atomic E-state index is 12.6. The fourth-order valence-corrected chi connectivity index (χ4v) is 2.21. The van der Waals surface area contributed by atoms with Crippen molar-refractivity contribution in [2.45, 2.75) is 13.1 Å². The Labute approximate surface area is 124 Å². The highest BCUT2D eigenvalue weighted by Crippen LogP contribution is 2.31. The van der Waals surface area contributed by atoms with Gasteiger partial charge in [-0.1, -0.05) is 12.1 Å². The highest BCUT2D eigenvalue weighted by molar-refractivity contribution is 5.69. The number of aromatic nitrogens is 3. The zero-order valence-electron chi connectivity index (χ0n) is 11.6. The van der Waals surface area contributed by atoms with E-state index >= 15 is 0 Å². The summed E-state index contributed by atoms with van der Waals surface area (Å²) in [5, 5.41) is 0. The first-order chi connectivity index (χ1) is 10.4. The number of imidazole rings is 1. The predicted octanol–water partition coefficient (Wildman–Crippen LogP) is 4.47. The summed E-state index contributed by atoms with van der Waals surface area (Å²) in [5.41, 5.74) is 2.26. The number of hydrogen-bond donors (Lipinski definition) is 1.